The highest BCUT2D eigenvalue weighted by atomic mass is 35.5. The molecule has 1 aliphatic rings. The van der Waals surface area contributed by atoms with E-state index < -0.39 is 22.0 Å². The second-order valence-corrected chi connectivity index (χ2v) is 7.84. The molecule has 4 N–H and O–H groups in total. The van der Waals surface area contributed by atoms with E-state index >= 15 is 0 Å². The molecule has 26 heavy (non-hydrogen) atoms. The molecule has 1 aliphatic carbocycles. The first-order valence-electron chi connectivity index (χ1n) is 7.52. The average Bonchev–Trinajstić information content (AvgIpc) is 3.21. The van der Waals surface area contributed by atoms with Crippen LogP contribution >= 0.6 is 34.8 Å². The SMILES string of the molecule is Nc1ccc(F)c(NC(=O)c2cc(NC(=O)C3CC3(Cl)Cl)ccc2Cl)c1. The van der Waals surface area contributed by atoms with Gasteiger partial charge in [-0.25, -0.2) is 4.39 Å². The first-order chi connectivity index (χ1) is 12.2. The van der Waals surface area contributed by atoms with Gasteiger partial charge in [-0.15, -0.1) is 23.2 Å². The first kappa shape index (κ1) is 18.8. The Balaban J connectivity index is 1.78. The predicted octanol–water partition coefficient (Wildman–Crippen LogP) is 4.45. The van der Waals surface area contributed by atoms with Gasteiger partial charge in [-0.05, 0) is 42.8 Å². The summed E-state index contributed by atoms with van der Waals surface area (Å²) in [5.74, 6) is -2.15. The second kappa shape index (κ2) is 6.95. The number of alkyl halides is 2. The van der Waals surface area contributed by atoms with Crippen LogP contribution in [-0.2, 0) is 4.79 Å². The van der Waals surface area contributed by atoms with Gasteiger partial charge in [0.05, 0.1) is 22.2 Å². The fourth-order valence-corrected chi connectivity index (χ4v) is 3.04. The van der Waals surface area contributed by atoms with Crippen molar-refractivity contribution in [1.29, 1.82) is 0 Å². The van der Waals surface area contributed by atoms with Crippen molar-refractivity contribution in [2.45, 2.75) is 10.8 Å². The van der Waals surface area contributed by atoms with E-state index in [9.17, 15) is 14.0 Å². The van der Waals surface area contributed by atoms with Crippen LogP contribution in [0.1, 0.15) is 16.8 Å². The number of carbonyl (C=O) groups is 2. The molecule has 9 heteroatoms. The summed E-state index contributed by atoms with van der Waals surface area (Å²) < 4.78 is 12.7. The quantitative estimate of drug-likeness (QED) is 0.509. The number of hydrogen-bond acceptors (Lipinski definition) is 3. The van der Waals surface area contributed by atoms with Gasteiger partial charge >= 0.3 is 0 Å². The van der Waals surface area contributed by atoms with E-state index in [2.05, 4.69) is 10.6 Å². The van der Waals surface area contributed by atoms with Crippen LogP contribution in [0, 0.1) is 11.7 Å². The molecule has 0 radical (unpaired) electrons. The van der Waals surface area contributed by atoms with E-state index in [1.54, 1.807) is 0 Å². The number of nitrogens with one attached hydrogen (secondary N) is 2. The maximum absolute atomic E-state index is 13.8. The van der Waals surface area contributed by atoms with Gasteiger partial charge in [-0.3, -0.25) is 9.59 Å². The molecule has 5 nitrogen and oxygen atoms in total. The lowest BCUT2D eigenvalue weighted by Crippen LogP contribution is -2.18. The highest BCUT2D eigenvalue weighted by Gasteiger charge is 2.56. The lowest BCUT2D eigenvalue weighted by molar-refractivity contribution is -0.117. The Kier molecular flexibility index (Phi) is 5.01. The zero-order valence-electron chi connectivity index (χ0n) is 13.2. The summed E-state index contributed by atoms with van der Waals surface area (Å²) in [5, 5.41) is 5.17. The molecule has 2 amide bonds. The van der Waals surface area contributed by atoms with Gasteiger partial charge in [0.2, 0.25) is 5.91 Å². The van der Waals surface area contributed by atoms with Gasteiger partial charge < -0.3 is 16.4 Å². The lowest BCUT2D eigenvalue weighted by atomic mass is 10.1. The third kappa shape index (κ3) is 4.03. The van der Waals surface area contributed by atoms with E-state index in [1.165, 1.54) is 30.3 Å². The Labute approximate surface area is 163 Å². The van der Waals surface area contributed by atoms with Crippen molar-refractivity contribution in [2.24, 2.45) is 5.92 Å². The molecular weight excluding hydrogens is 404 g/mol. The van der Waals surface area contributed by atoms with Crippen LogP contribution < -0.4 is 16.4 Å². The number of halogens is 4. The molecule has 2 aromatic carbocycles. The second-order valence-electron chi connectivity index (χ2n) is 5.90. The number of carbonyl (C=O) groups excluding carboxylic acids is 2. The van der Waals surface area contributed by atoms with Crippen molar-refractivity contribution in [1.82, 2.24) is 0 Å². The van der Waals surface area contributed by atoms with Crippen LogP contribution in [0.4, 0.5) is 21.5 Å². The summed E-state index contributed by atoms with van der Waals surface area (Å²) in [7, 11) is 0. The molecule has 1 unspecified atom stereocenters. The molecule has 136 valence electrons. The normalized spacial score (nSPS) is 17.5. The van der Waals surface area contributed by atoms with Crippen LogP contribution in [0.5, 0.6) is 0 Å². The number of rotatable bonds is 4. The summed E-state index contributed by atoms with van der Waals surface area (Å²) >= 11 is 17.8. The van der Waals surface area contributed by atoms with Crippen molar-refractivity contribution in [2.75, 3.05) is 16.4 Å². The number of amides is 2. The third-order valence-corrected chi connectivity index (χ3v) is 5.02. The number of nitrogens with two attached hydrogens (primary N) is 1. The Morgan fingerprint density at radius 3 is 2.50 bits per heavy atom. The molecular formula is C17H13Cl3FN3O2. The highest BCUT2D eigenvalue weighted by molar-refractivity contribution is 6.52. The van der Waals surface area contributed by atoms with Crippen molar-refractivity contribution >= 4 is 63.7 Å². The minimum atomic E-state index is -1.05. The Hall–Kier alpha value is -2.02. The van der Waals surface area contributed by atoms with Gasteiger partial charge in [-0.2, -0.15) is 0 Å². The molecule has 0 aromatic heterocycles. The van der Waals surface area contributed by atoms with Gasteiger partial charge in [0.25, 0.3) is 5.91 Å². The maximum Gasteiger partial charge on any atom is 0.257 e. The van der Waals surface area contributed by atoms with E-state index in [4.69, 9.17) is 40.5 Å². The Morgan fingerprint density at radius 1 is 1.15 bits per heavy atom. The lowest BCUT2D eigenvalue weighted by Gasteiger charge is -2.11. The zero-order chi connectivity index (χ0) is 19.1. The minimum Gasteiger partial charge on any atom is -0.399 e. The number of anilines is 3. The van der Waals surface area contributed by atoms with Gasteiger partial charge in [0.1, 0.15) is 10.2 Å². The predicted molar refractivity (Wildman–Crippen MR) is 101 cm³/mol. The zero-order valence-corrected chi connectivity index (χ0v) is 15.4. The molecule has 1 saturated carbocycles. The van der Waals surface area contributed by atoms with Crippen molar-refractivity contribution < 1.29 is 14.0 Å². The largest absolute Gasteiger partial charge is 0.399 e. The third-order valence-electron chi connectivity index (χ3n) is 3.86. The molecule has 0 aliphatic heterocycles. The van der Waals surface area contributed by atoms with Gasteiger partial charge in [-0.1, -0.05) is 11.6 Å². The molecule has 3 rings (SSSR count). The summed E-state index contributed by atoms with van der Waals surface area (Å²) in [4.78, 5) is 24.5. The average molecular weight is 417 g/mol. The fraction of sp³-hybridized carbons (Fsp3) is 0.176. The van der Waals surface area contributed by atoms with Gasteiger partial charge in [0.15, 0.2) is 0 Å². The number of nitrogen functional groups attached to an aromatic ring is 1. The van der Waals surface area contributed by atoms with Crippen LogP contribution in [0.15, 0.2) is 36.4 Å². The maximum atomic E-state index is 13.8. The molecule has 0 saturated heterocycles. The van der Waals surface area contributed by atoms with E-state index in [0.29, 0.717) is 17.8 Å². The van der Waals surface area contributed by atoms with E-state index in [0.717, 1.165) is 6.07 Å². The van der Waals surface area contributed by atoms with Crippen molar-refractivity contribution in [3.63, 3.8) is 0 Å². The minimum absolute atomic E-state index is 0.0603. The summed E-state index contributed by atoms with van der Waals surface area (Å²) in [6.07, 6.45) is 0.359. The summed E-state index contributed by atoms with van der Waals surface area (Å²) in [6, 6.07) is 8.17. The monoisotopic (exact) mass is 415 g/mol. The van der Waals surface area contributed by atoms with Crippen LogP contribution in [0.2, 0.25) is 5.02 Å². The molecule has 0 bridgehead atoms. The molecule has 2 aromatic rings. The molecule has 0 heterocycles. The number of hydrogen-bond donors (Lipinski definition) is 3. The van der Waals surface area contributed by atoms with Crippen molar-refractivity contribution in [3.8, 4) is 0 Å². The van der Waals surface area contributed by atoms with E-state index in [-0.39, 0.29) is 22.2 Å². The molecule has 1 atom stereocenters. The summed E-state index contributed by atoms with van der Waals surface area (Å²) in [5.41, 5.74) is 6.21. The molecule has 1 fully saturated rings. The first-order valence-corrected chi connectivity index (χ1v) is 8.65. The fourth-order valence-electron chi connectivity index (χ4n) is 2.33. The van der Waals surface area contributed by atoms with Gasteiger partial charge in [0, 0.05) is 11.4 Å². The molecule has 0 spiro atoms. The Bertz CT molecular complexity index is 905. The van der Waals surface area contributed by atoms with Crippen LogP contribution in [0.3, 0.4) is 0 Å². The van der Waals surface area contributed by atoms with Crippen molar-refractivity contribution in [3.05, 3.63) is 52.8 Å². The standard InChI is InChI=1S/C17H13Cl3FN3O2/c18-12-3-2-9(23-16(26)11-7-17(11,19)20)6-10(12)15(25)24-14-5-8(22)1-4-13(14)21/h1-6,11H,7,22H2,(H,23,26)(H,24,25). The van der Waals surface area contributed by atoms with Crippen LogP contribution in [0.25, 0.3) is 0 Å². The highest BCUT2D eigenvalue weighted by Crippen LogP contribution is 2.53. The topological polar surface area (TPSA) is 84.2 Å². The van der Waals surface area contributed by atoms with E-state index in [1.807, 2.05) is 0 Å². The van der Waals surface area contributed by atoms with Crippen LogP contribution in [-0.4, -0.2) is 16.1 Å². The number of benzene rings is 2. The summed E-state index contributed by atoms with van der Waals surface area (Å²) in [6.45, 7) is 0. The smallest absolute Gasteiger partial charge is 0.257 e. The Morgan fingerprint density at radius 2 is 1.85 bits per heavy atom.